The number of carboxylic acid groups (broad SMARTS) is 1. The van der Waals surface area contributed by atoms with Crippen molar-refractivity contribution in [3.05, 3.63) is 178 Å². The Hall–Kier alpha value is -7.66. The number of esters is 2. The van der Waals surface area contributed by atoms with Crippen LogP contribution in [0, 0.1) is 23.3 Å². The van der Waals surface area contributed by atoms with Crippen LogP contribution in [0.2, 0.25) is 0 Å². The fourth-order valence-corrected chi connectivity index (χ4v) is 4.61. The normalized spacial score (nSPS) is 10.1. The van der Waals surface area contributed by atoms with Gasteiger partial charge in [0.15, 0.2) is 0 Å². The van der Waals surface area contributed by atoms with Crippen LogP contribution in [0.5, 0.6) is 23.3 Å². The number of nitrogens with one attached hydrogen (secondary N) is 1. The molecule has 0 bridgehead atoms. The van der Waals surface area contributed by atoms with Crippen LogP contribution in [0.3, 0.4) is 0 Å². The van der Waals surface area contributed by atoms with Crippen LogP contribution in [-0.2, 0) is 22.6 Å². The number of pyridine rings is 2. The van der Waals surface area contributed by atoms with Gasteiger partial charge in [-0.1, -0.05) is 24.3 Å². The van der Waals surface area contributed by atoms with Gasteiger partial charge in [0.05, 0.1) is 37.7 Å². The highest BCUT2D eigenvalue weighted by molar-refractivity contribution is 5.96. The molecule has 2 heterocycles. The topological polar surface area (TPSA) is 189 Å². The highest BCUT2D eigenvalue weighted by atomic mass is 19.1. The lowest BCUT2D eigenvalue weighted by Crippen LogP contribution is -2.23. The minimum absolute atomic E-state index is 0.111. The smallest absolute Gasteiger partial charge is 0.341 e. The van der Waals surface area contributed by atoms with Crippen molar-refractivity contribution in [1.82, 2.24) is 15.3 Å². The van der Waals surface area contributed by atoms with Gasteiger partial charge >= 0.3 is 17.9 Å². The second-order valence-corrected chi connectivity index (χ2v) is 11.7. The van der Waals surface area contributed by atoms with Gasteiger partial charge in [-0.25, -0.2) is 41.9 Å². The quantitative estimate of drug-likeness (QED) is 0.0857. The number of carbonyl (C=O) groups excluding carboxylic acids is 3. The first-order chi connectivity index (χ1) is 28.3. The van der Waals surface area contributed by atoms with E-state index in [1.165, 1.54) is 50.6 Å². The molecule has 0 atom stereocenters. The van der Waals surface area contributed by atoms with Gasteiger partial charge < -0.3 is 35.1 Å². The summed E-state index contributed by atoms with van der Waals surface area (Å²) in [5.41, 5.74) is 7.53. The second kappa shape index (κ2) is 21.6. The molecule has 0 spiro atoms. The minimum atomic E-state index is -1.36. The van der Waals surface area contributed by atoms with Crippen LogP contribution in [0.4, 0.5) is 17.6 Å². The maximum atomic E-state index is 13.6. The summed E-state index contributed by atoms with van der Waals surface area (Å²) in [5.74, 6) is -5.04. The lowest BCUT2D eigenvalue weighted by molar-refractivity contribution is 0.0592. The van der Waals surface area contributed by atoms with E-state index in [4.69, 9.17) is 20.3 Å². The van der Waals surface area contributed by atoms with E-state index in [1.807, 2.05) is 12.1 Å². The predicted molar refractivity (Wildman–Crippen MR) is 203 cm³/mol. The van der Waals surface area contributed by atoms with Gasteiger partial charge in [-0.15, -0.1) is 0 Å². The molecule has 6 rings (SSSR count). The molecule has 0 aliphatic rings. The lowest BCUT2D eigenvalue weighted by atomic mass is 10.1. The van der Waals surface area contributed by atoms with Gasteiger partial charge in [-0.3, -0.25) is 4.79 Å². The van der Waals surface area contributed by atoms with Crippen molar-refractivity contribution in [1.29, 1.82) is 0 Å². The Bertz CT molecular complexity index is 2370. The van der Waals surface area contributed by atoms with Crippen LogP contribution in [0.1, 0.15) is 52.6 Å². The SMILES string of the molecule is COC(=O)c1ccc(CN)cc1.COC(=O)c1ccc(CNC(=O)c2cc(F)cnc2Oc2ccc(F)cc2)cc1.O=C(O)c1cc(F)cnc1Oc1ccc(F)cc1. The van der Waals surface area contributed by atoms with Gasteiger partial charge in [0.2, 0.25) is 11.8 Å². The van der Waals surface area contributed by atoms with Crippen LogP contribution < -0.4 is 20.5 Å². The summed E-state index contributed by atoms with van der Waals surface area (Å²) in [5, 5.41) is 11.5. The zero-order valence-corrected chi connectivity index (χ0v) is 31.2. The number of aromatic carboxylic acids is 1. The van der Waals surface area contributed by atoms with Crippen LogP contribution in [0.25, 0.3) is 0 Å². The number of benzene rings is 4. The molecule has 0 saturated carbocycles. The average Bonchev–Trinajstić information content (AvgIpc) is 3.25. The molecule has 4 N–H and O–H groups in total. The number of amides is 1. The number of halogens is 4. The van der Waals surface area contributed by atoms with E-state index in [2.05, 4.69) is 24.8 Å². The standard InChI is InChI=1S/C21H16F2N2O4.C12H7F2NO3.C9H11NO2/c1-28-21(27)14-4-2-13(3-5-14)11-24-19(26)18-10-16(23)12-25-20(18)29-17-8-6-15(22)7-9-17;13-7-1-3-9(4-2-7)18-11-10(12(16)17)5-8(14)6-15-11;1-12-9(11)8-4-2-7(6-10)3-5-8/h2-10,12H,11H2,1H3,(H,24,26);1-6H,(H,16,17);2-5H,6,10H2,1H3. The molecular formula is C42H34F4N4O9. The summed E-state index contributed by atoms with van der Waals surface area (Å²) in [7, 11) is 2.65. The van der Waals surface area contributed by atoms with E-state index < -0.39 is 46.7 Å². The zero-order valence-electron chi connectivity index (χ0n) is 31.2. The van der Waals surface area contributed by atoms with Crippen molar-refractivity contribution in [2.75, 3.05) is 14.2 Å². The second-order valence-electron chi connectivity index (χ2n) is 11.7. The summed E-state index contributed by atoms with van der Waals surface area (Å²) in [6.45, 7) is 0.619. The van der Waals surface area contributed by atoms with E-state index >= 15 is 0 Å². The van der Waals surface area contributed by atoms with Gasteiger partial charge in [0, 0.05) is 13.1 Å². The van der Waals surface area contributed by atoms with Crippen LogP contribution in [0.15, 0.2) is 122 Å². The summed E-state index contributed by atoms with van der Waals surface area (Å²) < 4.78 is 72.0. The van der Waals surface area contributed by atoms with Crippen molar-refractivity contribution in [3.63, 3.8) is 0 Å². The Balaban J connectivity index is 0.000000217. The molecule has 0 saturated heterocycles. The van der Waals surface area contributed by atoms with E-state index in [0.717, 1.165) is 47.8 Å². The minimum Gasteiger partial charge on any atom is -0.477 e. The van der Waals surface area contributed by atoms with Crippen LogP contribution in [-0.4, -0.2) is 53.1 Å². The molecule has 13 nitrogen and oxygen atoms in total. The van der Waals surface area contributed by atoms with E-state index in [9.17, 15) is 36.7 Å². The molecular weight excluding hydrogens is 780 g/mol. The van der Waals surface area contributed by atoms with Crippen molar-refractivity contribution in [2.45, 2.75) is 13.1 Å². The highest BCUT2D eigenvalue weighted by Crippen LogP contribution is 2.25. The number of ether oxygens (including phenoxy) is 4. The van der Waals surface area contributed by atoms with E-state index in [1.54, 1.807) is 36.4 Å². The van der Waals surface area contributed by atoms with Gasteiger partial charge in [0.25, 0.3) is 5.91 Å². The third kappa shape index (κ3) is 13.5. The van der Waals surface area contributed by atoms with Gasteiger partial charge in [-0.05, 0) is 96.1 Å². The Morgan fingerprint density at radius 1 is 0.593 bits per heavy atom. The number of carboxylic acids is 1. The van der Waals surface area contributed by atoms with Crippen molar-refractivity contribution in [3.8, 4) is 23.3 Å². The molecule has 304 valence electrons. The summed E-state index contributed by atoms with van der Waals surface area (Å²) >= 11 is 0. The number of carbonyl (C=O) groups is 4. The molecule has 0 aliphatic heterocycles. The van der Waals surface area contributed by atoms with Gasteiger partial charge in [-0.2, -0.15) is 0 Å². The Kier molecular flexibility index (Phi) is 16.1. The number of rotatable bonds is 11. The van der Waals surface area contributed by atoms with E-state index in [-0.39, 0.29) is 41.3 Å². The monoisotopic (exact) mass is 814 g/mol. The third-order valence-corrected chi connectivity index (χ3v) is 7.61. The Labute approximate surface area is 334 Å². The Morgan fingerprint density at radius 2 is 1.00 bits per heavy atom. The first-order valence-electron chi connectivity index (χ1n) is 17.0. The summed E-state index contributed by atoms with van der Waals surface area (Å²) in [6.07, 6.45) is 1.76. The predicted octanol–water partition coefficient (Wildman–Crippen LogP) is 7.65. The highest BCUT2D eigenvalue weighted by Gasteiger charge is 2.17. The lowest BCUT2D eigenvalue weighted by Gasteiger charge is -2.11. The number of methoxy groups -OCH3 is 2. The first-order valence-corrected chi connectivity index (χ1v) is 17.0. The van der Waals surface area contributed by atoms with Crippen molar-refractivity contribution < 1.29 is 60.8 Å². The van der Waals surface area contributed by atoms with Crippen molar-refractivity contribution >= 4 is 23.8 Å². The molecule has 6 aromatic rings. The average molecular weight is 815 g/mol. The fourth-order valence-electron chi connectivity index (χ4n) is 4.61. The largest absolute Gasteiger partial charge is 0.477 e. The molecule has 17 heteroatoms. The van der Waals surface area contributed by atoms with Crippen LogP contribution >= 0.6 is 0 Å². The first kappa shape index (κ1) is 44.1. The number of nitrogens with zero attached hydrogens (tertiary/aromatic N) is 2. The number of aromatic nitrogens is 2. The molecule has 59 heavy (non-hydrogen) atoms. The fraction of sp³-hybridized carbons (Fsp3) is 0.0952. The molecule has 0 unspecified atom stereocenters. The summed E-state index contributed by atoms with van der Waals surface area (Å²) in [4.78, 5) is 53.2. The summed E-state index contributed by atoms with van der Waals surface area (Å²) in [6, 6.07) is 25.3. The number of nitrogens with two attached hydrogens (primary N) is 1. The Morgan fingerprint density at radius 3 is 1.41 bits per heavy atom. The maximum absolute atomic E-state index is 13.6. The molecule has 4 aromatic carbocycles. The van der Waals surface area contributed by atoms with Gasteiger partial charge in [0.1, 0.15) is 45.9 Å². The number of hydrogen-bond acceptors (Lipinski definition) is 11. The van der Waals surface area contributed by atoms with Crippen molar-refractivity contribution in [2.24, 2.45) is 5.73 Å². The zero-order chi connectivity index (χ0) is 42.9. The third-order valence-electron chi connectivity index (χ3n) is 7.61. The van der Waals surface area contributed by atoms with E-state index in [0.29, 0.717) is 17.7 Å². The number of hydrogen-bond donors (Lipinski definition) is 3. The molecule has 0 radical (unpaired) electrons. The molecule has 2 aromatic heterocycles. The molecule has 0 aliphatic carbocycles. The maximum Gasteiger partial charge on any atom is 0.341 e. The molecule has 0 fully saturated rings. The molecule has 1 amide bonds.